The molecule has 9 nitrogen and oxygen atoms in total. The summed E-state index contributed by atoms with van der Waals surface area (Å²) in [5.41, 5.74) is 2.73. The molecule has 3 aliphatic heterocycles. The Bertz CT molecular complexity index is 1410. The lowest BCUT2D eigenvalue weighted by Gasteiger charge is -2.51. The summed E-state index contributed by atoms with van der Waals surface area (Å²) in [6.07, 6.45) is 0.902. The van der Waals surface area contributed by atoms with E-state index in [1.165, 1.54) is 0 Å². The topological polar surface area (TPSA) is 87.3 Å². The number of fused-ring (bicyclic) bond motifs is 5. The van der Waals surface area contributed by atoms with Crippen LogP contribution >= 0.6 is 0 Å². The first-order chi connectivity index (χ1) is 19.5. The zero-order valence-corrected chi connectivity index (χ0v) is 23.6. The smallest absolute Gasteiger partial charge is 0.254 e. The lowest BCUT2D eigenvalue weighted by Crippen LogP contribution is -2.68. The van der Waals surface area contributed by atoms with E-state index in [1.54, 1.807) is 16.9 Å². The van der Waals surface area contributed by atoms with Gasteiger partial charge in [0.15, 0.2) is 17.0 Å². The number of morpholine rings is 1. The van der Waals surface area contributed by atoms with Gasteiger partial charge in [-0.2, -0.15) is 0 Å². The van der Waals surface area contributed by atoms with Crippen molar-refractivity contribution in [2.75, 3.05) is 66.2 Å². The molecule has 6 rings (SSSR count). The van der Waals surface area contributed by atoms with Crippen LogP contribution < -0.4 is 9.47 Å². The molecule has 9 heteroatoms. The summed E-state index contributed by atoms with van der Waals surface area (Å²) in [5, 5.41) is 1.07. The summed E-state index contributed by atoms with van der Waals surface area (Å²) < 4.78 is 17.1. The summed E-state index contributed by atoms with van der Waals surface area (Å²) in [4.78, 5) is 37.4. The number of aromatic amines is 1. The van der Waals surface area contributed by atoms with Gasteiger partial charge in [-0.05, 0) is 42.7 Å². The number of aromatic nitrogens is 1. The van der Waals surface area contributed by atoms with E-state index >= 15 is 0 Å². The van der Waals surface area contributed by atoms with Crippen molar-refractivity contribution in [3.63, 3.8) is 0 Å². The zero-order chi connectivity index (χ0) is 27.9. The van der Waals surface area contributed by atoms with Gasteiger partial charge in [0.25, 0.3) is 5.91 Å². The largest absolute Gasteiger partial charge is 0.493 e. The number of carbonyl (C=O) groups excluding carboxylic acids is 2. The second-order valence-corrected chi connectivity index (χ2v) is 11.0. The SMILES string of the molecule is CCCOc1ccc(C2CN3C(=O)CN(CCN4CCOCC4)C(=O)[C@]3(C)c3[nH]c4ccccc4c32)cc1OC. The first-order valence-corrected chi connectivity index (χ1v) is 14.3. The van der Waals surface area contributed by atoms with Crippen molar-refractivity contribution in [3.05, 3.63) is 59.3 Å². The summed E-state index contributed by atoms with van der Waals surface area (Å²) in [6.45, 7) is 9.42. The fourth-order valence-electron chi connectivity index (χ4n) is 6.47. The first-order valence-electron chi connectivity index (χ1n) is 14.3. The number of piperazine rings is 1. The molecule has 3 aromatic rings. The third-order valence-electron chi connectivity index (χ3n) is 8.66. The number of ether oxygens (including phenoxy) is 3. The molecule has 1 N–H and O–H groups in total. The maximum Gasteiger partial charge on any atom is 0.254 e. The van der Waals surface area contributed by atoms with Crippen LogP contribution in [-0.2, 0) is 19.9 Å². The Morgan fingerprint density at radius 3 is 2.65 bits per heavy atom. The Kier molecular flexibility index (Phi) is 7.18. The van der Waals surface area contributed by atoms with Crippen molar-refractivity contribution in [1.82, 2.24) is 19.7 Å². The average molecular weight is 547 g/mol. The van der Waals surface area contributed by atoms with E-state index in [-0.39, 0.29) is 24.3 Å². The Labute approximate surface area is 235 Å². The second-order valence-electron chi connectivity index (χ2n) is 11.0. The number of H-pyrrole nitrogens is 1. The van der Waals surface area contributed by atoms with Gasteiger partial charge in [0, 0.05) is 49.5 Å². The Hall–Kier alpha value is -3.56. The number of benzene rings is 2. The molecule has 2 amide bonds. The van der Waals surface area contributed by atoms with Crippen LogP contribution in [-0.4, -0.2) is 97.7 Å². The van der Waals surface area contributed by atoms with Crippen molar-refractivity contribution in [2.24, 2.45) is 0 Å². The molecular weight excluding hydrogens is 508 g/mol. The van der Waals surface area contributed by atoms with Crippen LogP contribution in [0.15, 0.2) is 42.5 Å². The van der Waals surface area contributed by atoms with E-state index in [2.05, 4.69) is 28.9 Å². The number of hydrogen-bond donors (Lipinski definition) is 1. The molecular formula is C31H38N4O5. The molecule has 1 unspecified atom stereocenters. The highest BCUT2D eigenvalue weighted by Crippen LogP contribution is 2.49. The van der Waals surface area contributed by atoms with Gasteiger partial charge in [-0.3, -0.25) is 14.5 Å². The van der Waals surface area contributed by atoms with Gasteiger partial charge in [-0.25, -0.2) is 0 Å². The molecule has 0 radical (unpaired) electrons. The fraction of sp³-hybridized carbons (Fsp3) is 0.484. The van der Waals surface area contributed by atoms with E-state index in [0.717, 1.165) is 53.8 Å². The van der Waals surface area contributed by atoms with Crippen LogP contribution in [0.4, 0.5) is 0 Å². The molecule has 40 heavy (non-hydrogen) atoms. The molecule has 3 aliphatic rings. The van der Waals surface area contributed by atoms with E-state index in [9.17, 15) is 9.59 Å². The van der Waals surface area contributed by atoms with Crippen molar-refractivity contribution in [2.45, 2.75) is 31.7 Å². The molecule has 2 saturated heterocycles. The van der Waals surface area contributed by atoms with Crippen LogP contribution in [0, 0.1) is 0 Å². The van der Waals surface area contributed by atoms with Gasteiger partial charge in [-0.1, -0.05) is 31.2 Å². The van der Waals surface area contributed by atoms with Gasteiger partial charge >= 0.3 is 0 Å². The second kappa shape index (κ2) is 10.8. The Balaban J connectivity index is 1.40. The van der Waals surface area contributed by atoms with E-state index in [0.29, 0.717) is 44.4 Å². The summed E-state index contributed by atoms with van der Waals surface area (Å²) >= 11 is 0. The minimum Gasteiger partial charge on any atom is -0.493 e. The molecule has 0 bridgehead atoms. The summed E-state index contributed by atoms with van der Waals surface area (Å²) in [5.74, 6) is 1.16. The van der Waals surface area contributed by atoms with E-state index < -0.39 is 5.54 Å². The van der Waals surface area contributed by atoms with E-state index in [4.69, 9.17) is 14.2 Å². The van der Waals surface area contributed by atoms with Crippen molar-refractivity contribution in [3.8, 4) is 11.5 Å². The molecule has 0 aliphatic carbocycles. The highest BCUT2D eigenvalue weighted by Gasteiger charge is 2.56. The Morgan fingerprint density at radius 1 is 1.07 bits per heavy atom. The highest BCUT2D eigenvalue weighted by atomic mass is 16.5. The normalized spacial score (nSPS) is 23.3. The Morgan fingerprint density at radius 2 is 1.88 bits per heavy atom. The fourth-order valence-corrected chi connectivity index (χ4v) is 6.47. The number of hydrogen-bond acceptors (Lipinski definition) is 6. The highest BCUT2D eigenvalue weighted by molar-refractivity contribution is 6.01. The molecule has 2 fully saturated rings. The number of rotatable bonds is 8. The van der Waals surface area contributed by atoms with Crippen LogP contribution in [0.1, 0.15) is 43.0 Å². The average Bonchev–Trinajstić information content (AvgIpc) is 3.38. The number of nitrogens with zero attached hydrogens (tertiary/aromatic N) is 3. The molecule has 1 aromatic heterocycles. The number of methoxy groups -OCH3 is 1. The van der Waals surface area contributed by atoms with Crippen LogP contribution in [0.5, 0.6) is 11.5 Å². The predicted octanol–water partition coefficient (Wildman–Crippen LogP) is 3.33. The van der Waals surface area contributed by atoms with Crippen LogP contribution in [0.2, 0.25) is 0 Å². The predicted molar refractivity (Wildman–Crippen MR) is 152 cm³/mol. The van der Waals surface area contributed by atoms with Crippen molar-refractivity contribution in [1.29, 1.82) is 0 Å². The maximum absolute atomic E-state index is 14.3. The quantitative estimate of drug-likeness (QED) is 0.467. The number of nitrogens with one attached hydrogen (secondary N) is 1. The molecule has 212 valence electrons. The van der Waals surface area contributed by atoms with Gasteiger partial charge in [0.05, 0.1) is 39.2 Å². The lowest BCUT2D eigenvalue weighted by atomic mass is 9.76. The number of para-hydroxylation sites is 1. The third kappa shape index (κ3) is 4.41. The van der Waals surface area contributed by atoms with Gasteiger partial charge in [0.2, 0.25) is 5.91 Å². The maximum atomic E-state index is 14.3. The van der Waals surface area contributed by atoms with Crippen LogP contribution in [0.3, 0.4) is 0 Å². The zero-order valence-electron chi connectivity index (χ0n) is 23.6. The van der Waals surface area contributed by atoms with Crippen molar-refractivity contribution >= 4 is 22.7 Å². The van der Waals surface area contributed by atoms with Gasteiger partial charge in [0.1, 0.15) is 0 Å². The lowest BCUT2D eigenvalue weighted by molar-refractivity contribution is -0.166. The number of carbonyl (C=O) groups is 2. The summed E-state index contributed by atoms with van der Waals surface area (Å²) in [7, 11) is 1.64. The number of amides is 2. The molecule has 4 heterocycles. The molecule has 0 spiro atoms. The van der Waals surface area contributed by atoms with E-state index in [1.807, 2.05) is 37.3 Å². The summed E-state index contributed by atoms with van der Waals surface area (Å²) in [6, 6.07) is 14.1. The molecule has 0 saturated carbocycles. The minimum absolute atomic E-state index is 0.0340. The first kappa shape index (κ1) is 26.7. The van der Waals surface area contributed by atoms with Gasteiger partial charge in [-0.15, -0.1) is 0 Å². The van der Waals surface area contributed by atoms with Crippen molar-refractivity contribution < 1.29 is 23.8 Å². The molecule has 2 aromatic carbocycles. The third-order valence-corrected chi connectivity index (χ3v) is 8.66. The standard InChI is InChI=1S/C31H38N4O5/c1-4-15-40-25-10-9-21(18-26(25)38-3)23-19-35-27(36)20-34(12-11-33-13-16-39-17-14-33)30(37)31(35,2)29-28(23)22-7-5-6-8-24(22)32-29/h5-10,18,23,32H,4,11-17,19-20H2,1-3H3/t23?,31-/m0/s1. The minimum atomic E-state index is -1.11. The molecule has 2 atom stereocenters. The van der Waals surface area contributed by atoms with Gasteiger partial charge < -0.3 is 29.0 Å². The monoisotopic (exact) mass is 546 g/mol. The van der Waals surface area contributed by atoms with Crippen LogP contribution in [0.25, 0.3) is 10.9 Å².